The van der Waals surface area contributed by atoms with Crippen LogP contribution in [-0.4, -0.2) is 17.4 Å². The summed E-state index contributed by atoms with van der Waals surface area (Å²) in [5, 5.41) is 2.70. The Morgan fingerprint density at radius 2 is 1.74 bits per heavy atom. The molecule has 0 radical (unpaired) electrons. The van der Waals surface area contributed by atoms with Crippen LogP contribution in [0.2, 0.25) is 0 Å². The Bertz CT molecular complexity index is 904. The number of anilines is 1. The third-order valence-electron chi connectivity index (χ3n) is 5.32. The van der Waals surface area contributed by atoms with Crippen LogP contribution in [0.15, 0.2) is 66.9 Å². The normalized spacial score (nSPS) is 15.0. The molecule has 1 saturated carbocycles. The van der Waals surface area contributed by atoms with Gasteiger partial charge in [0.1, 0.15) is 0 Å². The maximum Gasteiger partial charge on any atom is 0.272 e. The summed E-state index contributed by atoms with van der Waals surface area (Å²) in [4.78, 5) is 17.7. The molecule has 0 unspecified atom stereocenters. The molecule has 3 aromatic rings. The van der Waals surface area contributed by atoms with Crippen molar-refractivity contribution in [1.29, 1.82) is 0 Å². The molecule has 1 fully saturated rings. The van der Waals surface area contributed by atoms with Crippen molar-refractivity contribution in [2.24, 2.45) is 5.92 Å². The average Bonchev–Trinajstić information content (AvgIpc) is 2.75. The molecule has 1 N–H and O–H groups in total. The predicted octanol–water partition coefficient (Wildman–Crippen LogP) is 4.97. The number of benzene rings is 2. The number of nitrogens with one attached hydrogen (secondary N) is 1. The Morgan fingerprint density at radius 3 is 2.56 bits per heavy atom. The van der Waals surface area contributed by atoms with Gasteiger partial charge in [0.15, 0.2) is 0 Å². The van der Waals surface area contributed by atoms with Gasteiger partial charge in [-0.3, -0.25) is 9.78 Å². The van der Waals surface area contributed by atoms with E-state index in [9.17, 15) is 4.79 Å². The Morgan fingerprint density at radius 1 is 1.00 bits per heavy atom. The molecule has 0 spiro atoms. The molecule has 27 heavy (non-hydrogen) atoms. The van der Waals surface area contributed by atoms with Crippen molar-refractivity contribution >= 4 is 22.5 Å². The van der Waals surface area contributed by atoms with Crippen LogP contribution in [0.3, 0.4) is 0 Å². The fourth-order valence-corrected chi connectivity index (χ4v) is 3.78. The van der Waals surface area contributed by atoms with Crippen molar-refractivity contribution in [2.75, 3.05) is 11.6 Å². The lowest BCUT2D eigenvalue weighted by atomic mass is 9.89. The van der Waals surface area contributed by atoms with Crippen molar-refractivity contribution in [3.63, 3.8) is 0 Å². The predicted molar refractivity (Wildman–Crippen MR) is 110 cm³/mol. The number of amides is 1. The molecule has 1 aliphatic rings. The molecule has 4 heteroatoms. The zero-order valence-corrected chi connectivity index (χ0v) is 15.5. The highest BCUT2D eigenvalue weighted by Crippen LogP contribution is 2.24. The molecule has 1 aromatic heterocycles. The van der Waals surface area contributed by atoms with Crippen LogP contribution in [0, 0.1) is 5.92 Å². The number of carbonyl (C=O) groups excluding carboxylic acids is 1. The lowest BCUT2D eigenvalue weighted by Gasteiger charge is -2.28. The molecule has 4 nitrogen and oxygen atoms in total. The summed E-state index contributed by atoms with van der Waals surface area (Å²) in [6.45, 7) is 0.811. The summed E-state index contributed by atoms with van der Waals surface area (Å²) in [6.07, 6.45) is 8.15. The number of hydrogen-bond acceptors (Lipinski definition) is 3. The molecule has 1 heterocycles. The van der Waals surface area contributed by atoms with Gasteiger partial charge in [0.05, 0.1) is 17.4 Å². The van der Waals surface area contributed by atoms with Gasteiger partial charge in [-0.1, -0.05) is 55.7 Å². The average molecular weight is 359 g/mol. The number of fused-ring (bicyclic) bond motifs is 1. The molecule has 4 rings (SSSR count). The first-order valence-corrected chi connectivity index (χ1v) is 9.79. The van der Waals surface area contributed by atoms with E-state index in [-0.39, 0.29) is 5.91 Å². The largest absolute Gasteiger partial charge is 0.272 e. The monoisotopic (exact) mass is 359 g/mol. The zero-order chi connectivity index (χ0) is 18.5. The fourth-order valence-electron chi connectivity index (χ4n) is 3.78. The summed E-state index contributed by atoms with van der Waals surface area (Å²) >= 11 is 0. The van der Waals surface area contributed by atoms with Gasteiger partial charge in [-0.25, -0.2) is 10.4 Å². The number of rotatable bonds is 5. The van der Waals surface area contributed by atoms with Crippen LogP contribution in [0.4, 0.5) is 5.69 Å². The van der Waals surface area contributed by atoms with Crippen molar-refractivity contribution in [1.82, 2.24) is 10.4 Å². The maximum atomic E-state index is 13.2. The van der Waals surface area contributed by atoms with E-state index in [2.05, 4.69) is 10.4 Å². The van der Waals surface area contributed by atoms with Gasteiger partial charge in [-0.15, -0.1) is 0 Å². The first-order valence-electron chi connectivity index (χ1n) is 9.79. The number of nitrogens with zero attached hydrogens (tertiary/aromatic N) is 2. The van der Waals surface area contributed by atoms with Crippen molar-refractivity contribution < 1.29 is 4.79 Å². The first-order chi connectivity index (χ1) is 13.3. The molecule has 0 aliphatic heterocycles. The minimum Gasteiger partial charge on any atom is -0.267 e. The molecule has 0 atom stereocenters. The second-order valence-corrected chi connectivity index (χ2v) is 7.26. The summed E-state index contributed by atoms with van der Waals surface area (Å²) < 4.78 is 0. The Labute approximate surface area is 160 Å². The van der Waals surface area contributed by atoms with Crippen LogP contribution in [0.1, 0.15) is 42.5 Å². The van der Waals surface area contributed by atoms with E-state index in [1.54, 1.807) is 11.2 Å². The molecule has 138 valence electrons. The van der Waals surface area contributed by atoms with Crippen LogP contribution >= 0.6 is 0 Å². The van der Waals surface area contributed by atoms with E-state index < -0.39 is 0 Å². The molecule has 2 aromatic carbocycles. The quantitative estimate of drug-likeness (QED) is 0.655. The highest BCUT2D eigenvalue weighted by atomic mass is 16.2. The minimum atomic E-state index is -0.0523. The lowest BCUT2D eigenvalue weighted by Crippen LogP contribution is -2.45. The Balaban J connectivity index is 1.62. The number of hydrogen-bond donors (Lipinski definition) is 1. The van der Waals surface area contributed by atoms with E-state index in [0.717, 1.165) is 23.1 Å². The molecule has 1 aliphatic carbocycles. The number of aromatic nitrogens is 1. The third kappa shape index (κ3) is 4.17. The van der Waals surface area contributed by atoms with Gasteiger partial charge < -0.3 is 0 Å². The zero-order valence-electron chi connectivity index (χ0n) is 15.5. The maximum absolute atomic E-state index is 13.2. The SMILES string of the molecule is O=C(c1ccccc1)N(NCC1CCCCC1)c1cnc2ccccc2c1. The second kappa shape index (κ2) is 8.31. The summed E-state index contributed by atoms with van der Waals surface area (Å²) in [6, 6.07) is 19.4. The van der Waals surface area contributed by atoms with Crippen LogP contribution in [0.5, 0.6) is 0 Å². The van der Waals surface area contributed by atoms with Crippen LogP contribution < -0.4 is 10.4 Å². The summed E-state index contributed by atoms with van der Waals surface area (Å²) in [5.41, 5.74) is 5.79. The first kappa shape index (κ1) is 17.7. The van der Waals surface area contributed by atoms with E-state index in [4.69, 9.17) is 0 Å². The smallest absolute Gasteiger partial charge is 0.267 e. The van der Waals surface area contributed by atoms with Gasteiger partial charge in [-0.2, -0.15) is 0 Å². The molecular weight excluding hydrogens is 334 g/mol. The topological polar surface area (TPSA) is 45.2 Å². The Kier molecular flexibility index (Phi) is 5.45. The van der Waals surface area contributed by atoms with Crippen LogP contribution in [0.25, 0.3) is 10.9 Å². The molecule has 0 bridgehead atoms. The third-order valence-corrected chi connectivity index (χ3v) is 5.32. The number of pyridine rings is 1. The van der Waals surface area contributed by atoms with Crippen molar-refractivity contribution in [3.8, 4) is 0 Å². The van der Waals surface area contributed by atoms with Crippen LogP contribution in [-0.2, 0) is 0 Å². The van der Waals surface area contributed by atoms with E-state index in [0.29, 0.717) is 11.5 Å². The van der Waals surface area contributed by atoms with E-state index in [1.165, 1.54) is 32.1 Å². The van der Waals surface area contributed by atoms with Gasteiger partial charge in [0.25, 0.3) is 5.91 Å². The highest BCUT2D eigenvalue weighted by molar-refractivity contribution is 6.06. The van der Waals surface area contributed by atoms with Crippen molar-refractivity contribution in [3.05, 3.63) is 72.4 Å². The number of para-hydroxylation sites is 1. The van der Waals surface area contributed by atoms with Gasteiger partial charge >= 0.3 is 0 Å². The van der Waals surface area contributed by atoms with E-state index in [1.807, 2.05) is 60.7 Å². The Hall–Kier alpha value is -2.72. The lowest BCUT2D eigenvalue weighted by molar-refractivity contribution is 0.0971. The number of hydrazine groups is 1. The molecule has 0 saturated heterocycles. The highest BCUT2D eigenvalue weighted by Gasteiger charge is 2.21. The fraction of sp³-hybridized carbons (Fsp3) is 0.304. The van der Waals surface area contributed by atoms with Gasteiger partial charge in [-0.05, 0) is 43.0 Å². The van der Waals surface area contributed by atoms with Gasteiger partial charge in [0.2, 0.25) is 0 Å². The number of carbonyl (C=O) groups is 1. The van der Waals surface area contributed by atoms with Gasteiger partial charge in [0, 0.05) is 17.5 Å². The minimum absolute atomic E-state index is 0.0523. The van der Waals surface area contributed by atoms with E-state index >= 15 is 0 Å². The standard InChI is InChI=1S/C23H25N3O/c27-23(19-11-5-2-6-12-19)26(25-16-18-9-3-1-4-10-18)21-15-20-13-7-8-14-22(20)24-17-21/h2,5-8,11-15,17-18,25H,1,3-4,9-10,16H2. The summed E-state index contributed by atoms with van der Waals surface area (Å²) in [7, 11) is 0. The summed E-state index contributed by atoms with van der Waals surface area (Å²) in [5.74, 6) is 0.571. The molecule has 1 amide bonds. The molecular formula is C23H25N3O. The second-order valence-electron chi connectivity index (χ2n) is 7.26. The van der Waals surface area contributed by atoms with Crippen molar-refractivity contribution in [2.45, 2.75) is 32.1 Å².